The average molecular weight is 626 g/mol. The van der Waals surface area contributed by atoms with Crippen molar-refractivity contribution in [2.24, 2.45) is 5.41 Å². The second-order valence-electron chi connectivity index (χ2n) is 13.8. The Hall–Kier alpha value is -4.23. The predicted molar refractivity (Wildman–Crippen MR) is 179 cm³/mol. The van der Waals surface area contributed by atoms with Gasteiger partial charge in [-0.05, 0) is 55.7 Å². The van der Waals surface area contributed by atoms with Gasteiger partial charge in [0.2, 0.25) is 0 Å². The maximum absolute atomic E-state index is 13.9. The Labute approximate surface area is 271 Å². The van der Waals surface area contributed by atoms with Crippen LogP contribution in [0.25, 0.3) is 10.8 Å². The van der Waals surface area contributed by atoms with Crippen LogP contribution in [0.4, 0.5) is 15.9 Å². The van der Waals surface area contributed by atoms with Gasteiger partial charge in [-0.3, -0.25) is 4.79 Å². The minimum atomic E-state index is -1.01. The molecule has 1 amide bonds. The highest BCUT2D eigenvalue weighted by Gasteiger charge is 2.36. The number of ether oxygens (including phenoxy) is 1. The highest BCUT2D eigenvalue weighted by molar-refractivity contribution is 5.97. The van der Waals surface area contributed by atoms with E-state index < -0.39 is 17.8 Å². The monoisotopic (exact) mass is 625 g/mol. The second kappa shape index (κ2) is 12.9. The standard InChI is InChI=1S/C36H44FN7O2/c1-24-8-6-9-26-10-7-11-31(32(24)26)42-16-13-29-30(22-42)39-35(46-19-14-27-20-36(3,4)23-41(27)5)40-33(29)43-17-18-44(34(45)25(2)37)28(21-43)12-15-38/h6-11,27-28H,2,12-14,16-23H2,1,3-5H3/t27?,28-/m0/s1. The lowest BCUT2D eigenvalue weighted by Crippen LogP contribution is -2.55. The van der Waals surface area contributed by atoms with Crippen LogP contribution in [0.2, 0.25) is 0 Å². The summed E-state index contributed by atoms with van der Waals surface area (Å²) in [6.07, 6.45) is 2.83. The average Bonchev–Trinajstić information content (AvgIpc) is 3.30. The van der Waals surface area contributed by atoms with Gasteiger partial charge >= 0.3 is 6.01 Å². The number of hydrogen-bond donors (Lipinski definition) is 0. The minimum Gasteiger partial charge on any atom is -0.463 e. The van der Waals surface area contributed by atoms with Crippen molar-refractivity contribution in [1.82, 2.24) is 19.8 Å². The zero-order chi connectivity index (χ0) is 32.6. The number of amides is 1. The molecule has 0 radical (unpaired) electrons. The second-order valence-corrected chi connectivity index (χ2v) is 13.8. The number of aryl methyl sites for hydroxylation is 1. The molecule has 3 aromatic rings. The van der Waals surface area contributed by atoms with E-state index in [9.17, 15) is 14.4 Å². The molecule has 3 aliphatic heterocycles. The van der Waals surface area contributed by atoms with E-state index in [1.54, 1.807) is 0 Å². The van der Waals surface area contributed by atoms with E-state index in [1.807, 2.05) is 0 Å². The Morgan fingerprint density at radius 1 is 1.13 bits per heavy atom. The van der Waals surface area contributed by atoms with Gasteiger partial charge in [-0.15, -0.1) is 0 Å². The predicted octanol–water partition coefficient (Wildman–Crippen LogP) is 5.41. The number of halogens is 1. The van der Waals surface area contributed by atoms with Gasteiger partial charge in [-0.2, -0.15) is 15.2 Å². The van der Waals surface area contributed by atoms with Gasteiger partial charge in [-0.1, -0.05) is 50.8 Å². The van der Waals surface area contributed by atoms with Crippen LogP contribution in [0.5, 0.6) is 6.01 Å². The fourth-order valence-electron chi connectivity index (χ4n) is 7.71. The van der Waals surface area contributed by atoms with Gasteiger partial charge in [0, 0.05) is 55.4 Å². The summed E-state index contributed by atoms with van der Waals surface area (Å²) in [6.45, 7) is 14.0. The molecule has 3 aliphatic rings. The molecule has 0 N–H and O–H groups in total. The SMILES string of the molecule is C=C(F)C(=O)N1CCN(c2nc(OCCC3CC(C)(C)CN3C)nc3c2CCN(c2cccc4cccc(C)c24)C3)C[C@@H]1CC#N. The third kappa shape index (κ3) is 6.38. The van der Waals surface area contributed by atoms with Crippen LogP contribution < -0.4 is 14.5 Å². The van der Waals surface area contributed by atoms with Crippen LogP contribution in [-0.4, -0.2) is 84.1 Å². The van der Waals surface area contributed by atoms with Crippen molar-refractivity contribution in [3.8, 4) is 12.1 Å². The van der Waals surface area contributed by atoms with E-state index in [-0.39, 0.29) is 18.4 Å². The summed E-state index contributed by atoms with van der Waals surface area (Å²) in [5.41, 5.74) is 4.68. The number of anilines is 2. The molecule has 1 unspecified atom stereocenters. The summed E-state index contributed by atoms with van der Waals surface area (Å²) < 4.78 is 20.2. The molecule has 242 valence electrons. The molecule has 2 aromatic carbocycles. The molecule has 0 bridgehead atoms. The maximum atomic E-state index is 13.9. The quantitative estimate of drug-likeness (QED) is 0.307. The lowest BCUT2D eigenvalue weighted by molar-refractivity contribution is -0.131. The lowest BCUT2D eigenvalue weighted by atomic mass is 9.90. The first-order valence-corrected chi connectivity index (χ1v) is 16.3. The molecular weight excluding hydrogens is 581 g/mol. The smallest absolute Gasteiger partial charge is 0.318 e. The van der Waals surface area contributed by atoms with Crippen LogP contribution in [0.15, 0.2) is 48.8 Å². The number of carbonyl (C=O) groups excluding carboxylic acids is 1. The molecule has 6 rings (SSSR count). The molecule has 0 spiro atoms. The van der Waals surface area contributed by atoms with Gasteiger partial charge in [-0.25, -0.2) is 4.39 Å². The number of piperazine rings is 1. The number of aromatic nitrogens is 2. The number of hydrogen-bond acceptors (Lipinski definition) is 8. The Bertz CT molecular complexity index is 1680. The third-order valence-electron chi connectivity index (χ3n) is 9.83. The summed E-state index contributed by atoms with van der Waals surface area (Å²) >= 11 is 0. The van der Waals surface area contributed by atoms with Crippen molar-refractivity contribution >= 4 is 28.2 Å². The van der Waals surface area contributed by atoms with Gasteiger partial charge in [0.25, 0.3) is 5.91 Å². The number of likely N-dealkylation sites (tertiary alicyclic amines) is 1. The molecular formula is C36H44FN7O2. The number of benzene rings is 2. The van der Waals surface area contributed by atoms with E-state index in [2.05, 4.69) is 91.6 Å². The molecule has 2 saturated heterocycles. The van der Waals surface area contributed by atoms with Crippen LogP contribution in [0, 0.1) is 23.7 Å². The molecule has 0 aliphatic carbocycles. The number of nitrogens with zero attached hydrogens (tertiary/aromatic N) is 7. The van der Waals surface area contributed by atoms with Crippen molar-refractivity contribution in [1.29, 1.82) is 5.26 Å². The molecule has 2 fully saturated rings. The van der Waals surface area contributed by atoms with Gasteiger partial charge < -0.3 is 24.3 Å². The molecule has 46 heavy (non-hydrogen) atoms. The number of rotatable bonds is 8. The van der Waals surface area contributed by atoms with Crippen molar-refractivity contribution in [2.75, 3.05) is 56.2 Å². The number of fused-ring (bicyclic) bond motifs is 2. The van der Waals surface area contributed by atoms with E-state index in [4.69, 9.17) is 14.7 Å². The van der Waals surface area contributed by atoms with Gasteiger partial charge in [0.1, 0.15) is 5.82 Å². The summed E-state index contributed by atoms with van der Waals surface area (Å²) in [4.78, 5) is 30.9. The van der Waals surface area contributed by atoms with Gasteiger partial charge in [0.15, 0.2) is 5.83 Å². The van der Waals surface area contributed by atoms with Crippen LogP contribution >= 0.6 is 0 Å². The summed E-state index contributed by atoms with van der Waals surface area (Å²) in [5, 5.41) is 12.0. The first-order valence-electron chi connectivity index (χ1n) is 16.3. The summed E-state index contributed by atoms with van der Waals surface area (Å²) in [7, 11) is 2.18. The zero-order valence-electron chi connectivity index (χ0n) is 27.4. The Morgan fingerprint density at radius 2 is 1.91 bits per heavy atom. The van der Waals surface area contributed by atoms with E-state index in [1.165, 1.54) is 26.9 Å². The first-order chi connectivity index (χ1) is 22.0. The van der Waals surface area contributed by atoms with Gasteiger partial charge in [0.05, 0.1) is 37.4 Å². The third-order valence-corrected chi connectivity index (χ3v) is 9.83. The van der Waals surface area contributed by atoms with Crippen molar-refractivity contribution < 1.29 is 13.9 Å². The summed E-state index contributed by atoms with van der Waals surface area (Å²) in [5.74, 6) is -0.983. The lowest BCUT2D eigenvalue weighted by Gasteiger charge is -2.42. The number of carbonyl (C=O) groups is 1. The highest BCUT2D eigenvalue weighted by Crippen LogP contribution is 2.37. The van der Waals surface area contributed by atoms with Crippen molar-refractivity contribution in [3.63, 3.8) is 0 Å². The van der Waals surface area contributed by atoms with Crippen LogP contribution in [0.1, 0.15) is 49.9 Å². The van der Waals surface area contributed by atoms with Crippen molar-refractivity contribution in [3.05, 3.63) is 65.6 Å². The van der Waals surface area contributed by atoms with Crippen molar-refractivity contribution in [2.45, 2.75) is 65.1 Å². The van der Waals surface area contributed by atoms with E-state index >= 15 is 0 Å². The largest absolute Gasteiger partial charge is 0.463 e. The Kier molecular flexibility index (Phi) is 8.88. The molecule has 0 saturated carbocycles. The first kappa shape index (κ1) is 31.7. The fraction of sp³-hybridized carbons (Fsp3) is 0.500. The molecule has 10 heteroatoms. The molecule has 4 heterocycles. The maximum Gasteiger partial charge on any atom is 0.318 e. The van der Waals surface area contributed by atoms with E-state index in [0.29, 0.717) is 38.3 Å². The topological polar surface area (TPSA) is 88.8 Å². The fourth-order valence-corrected chi connectivity index (χ4v) is 7.71. The zero-order valence-corrected chi connectivity index (χ0v) is 27.4. The summed E-state index contributed by atoms with van der Waals surface area (Å²) in [6, 6.07) is 15.3. The normalized spacial score (nSPS) is 21.3. The number of nitriles is 1. The van der Waals surface area contributed by atoms with E-state index in [0.717, 1.165) is 49.4 Å². The minimum absolute atomic E-state index is 0.0889. The van der Waals surface area contributed by atoms with Crippen LogP contribution in [-0.2, 0) is 17.8 Å². The molecule has 1 aromatic heterocycles. The molecule has 9 nitrogen and oxygen atoms in total. The van der Waals surface area contributed by atoms with Crippen LogP contribution in [0.3, 0.4) is 0 Å². The Morgan fingerprint density at radius 3 is 2.63 bits per heavy atom. The Balaban J connectivity index is 1.30. The highest BCUT2D eigenvalue weighted by atomic mass is 19.1. The molecule has 2 atom stereocenters.